The third-order valence-electron chi connectivity index (χ3n) is 5.63. The van der Waals surface area contributed by atoms with Crippen molar-refractivity contribution in [3.8, 4) is 0 Å². The van der Waals surface area contributed by atoms with Crippen molar-refractivity contribution in [2.24, 2.45) is 0 Å². The van der Waals surface area contributed by atoms with E-state index in [1.54, 1.807) is 0 Å². The van der Waals surface area contributed by atoms with Crippen LogP contribution in [0.1, 0.15) is 11.7 Å². The molecule has 4 aromatic carbocycles. The maximum Gasteiger partial charge on any atom is 0.137 e. The molecule has 30 heavy (non-hydrogen) atoms. The first-order valence-corrected chi connectivity index (χ1v) is 10.3. The van der Waals surface area contributed by atoms with Crippen molar-refractivity contribution >= 4 is 28.4 Å². The fraction of sp³-hybridized carbons (Fsp3) is 0.111. The Balaban J connectivity index is 1.82. The molecule has 0 aliphatic carbocycles. The highest BCUT2D eigenvalue weighted by molar-refractivity contribution is 5.96. The minimum atomic E-state index is 0.0205. The second-order valence-electron chi connectivity index (χ2n) is 7.73. The summed E-state index contributed by atoms with van der Waals surface area (Å²) in [5.74, 6) is 0. The Bertz CT molecular complexity index is 1120. The van der Waals surface area contributed by atoms with Crippen LogP contribution in [-0.4, -0.2) is 14.1 Å². The summed E-state index contributed by atoms with van der Waals surface area (Å²) in [5, 5.41) is 0. The average molecular weight is 392 g/mol. The maximum absolute atomic E-state index is 2.47. The molecule has 1 aliphatic rings. The van der Waals surface area contributed by atoms with Gasteiger partial charge in [-0.05, 0) is 42.0 Å². The molecule has 0 saturated heterocycles. The Morgan fingerprint density at radius 2 is 1.10 bits per heavy atom. The third kappa shape index (κ3) is 3.00. The van der Waals surface area contributed by atoms with E-state index in [2.05, 4.69) is 138 Å². The quantitative estimate of drug-likeness (QED) is 0.381. The molecule has 1 unspecified atom stereocenters. The molecule has 0 saturated carbocycles. The smallest absolute Gasteiger partial charge is 0.137 e. The highest BCUT2D eigenvalue weighted by atomic mass is 15.4. The van der Waals surface area contributed by atoms with Crippen LogP contribution in [0.5, 0.6) is 0 Å². The van der Waals surface area contributed by atoms with Gasteiger partial charge in [-0.2, -0.15) is 0 Å². The Labute approximate surface area is 178 Å². The van der Waals surface area contributed by atoms with E-state index in [0.29, 0.717) is 0 Å². The highest BCUT2D eigenvalue weighted by Crippen LogP contribution is 2.56. The molecule has 5 rings (SSSR count). The maximum atomic E-state index is 2.47. The topological polar surface area (TPSA) is 9.72 Å². The van der Waals surface area contributed by atoms with Crippen molar-refractivity contribution in [1.29, 1.82) is 0 Å². The van der Waals surface area contributed by atoms with E-state index in [-0.39, 0.29) is 6.17 Å². The Morgan fingerprint density at radius 1 is 0.567 bits per heavy atom. The van der Waals surface area contributed by atoms with E-state index in [1.165, 1.54) is 34.0 Å². The number of fused-ring (bicyclic) bond motifs is 1. The van der Waals surface area contributed by atoms with Gasteiger partial charge in [0.1, 0.15) is 6.17 Å². The van der Waals surface area contributed by atoms with Crippen LogP contribution in [0, 0.1) is 0 Å². The highest BCUT2D eigenvalue weighted by Gasteiger charge is 2.40. The van der Waals surface area contributed by atoms with Gasteiger partial charge in [-0.15, -0.1) is 0 Å². The van der Waals surface area contributed by atoms with Gasteiger partial charge in [0, 0.05) is 25.5 Å². The Kier molecular flexibility index (Phi) is 4.64. The standard InChI is InChI=1S/C27H25N3/c1-28(2)24-19-12-20-25-26(24)30(23-17-10-5-11-18-23)27(21-13-6-3-7-14-21)29(25)22-15-8-4-9-16-22/h3-20,27H,1-2H3. The molecule has 0 radical (unpaired) electrons. The molecule has 0 fully saturated rings. The van der Waals surface area contributed by atoms with Gasteiger partial charge in [0.05, 0.1) is 17.1 Å². The first kappa shape index (κ1) is 18.3. The van der Waals surface area contributed by atoms with Crippen molar-refractivity contribution < 1.29 is 0 Å². The SMILES string of the molecule is CN(C)c1cccc2c1N(c1ccccc1)C(c1ccccc1)N2c1ccccc1. The first-order chi connectivity index (χ1) is 14.8. The van der Waals surface area contributed by atoms with Crippen molar-refractivity contribution in [1.82, 2.24) is 0 Å². The predicted octanol–water partition coefficient (Wildman–Crippen LogP) is 6.74. The van der Waals surface area contributed by atoms with Crippen LogP contribution in [0.3, 0.4) is 0 Å². The van der Waals surface area contributed by atoms with E-state index >= 15 is 0 Å². The van der Waals surface area contributed by atoms with Gasteiger partial charge in [-0.3, -0.25) is 0 Å². The van der Waals surface area contributed by atoms with Crippen LogP contribution in [0.25, 0.3) is 0 Å². The average Bonchev–Trinajstić information content (AvgIpc) is 3.16. The lowest BCUT2D eigenvalue weighted by Crippen LogP contribution is -2.30. The molecule has 148 valence electrons. The summed E-state index contributed by atoms with van der Waals surface area (Å²) in [7, 11) is 4.23. The number of anilines is 5. The first-order valence-electron chi connectivity index (χ1n) is 10.3. The summed E-state index contributed by atoms with van der Waals surface area (Å²) in [6.45, 7) is 0. The van der Waals surface area contributed by atoms with Crippen LogP contribution in [0.2, 0.25) is 0 Å². The lowest BCUT2D eigenvalue weighted by atomic mass is 10.1. The summed E-state index contributed by atoms with van der Waals surface area (Å²) in [5.41, 5.74) is 7.26. The van der Waals surface area contributed by atoms with Gasteiger partial charge < -0.3 is 14.7 Å². The van der Waals surface area contributed by atoms with Crippen LogP contribution in [0.4, 0.5) is 28.4 Å². The zero-order valence-corrected chi connectivity index (χ0v) is 17.3. The number of hydrogen-bond acceptors (Lipinski definition) is 3. The minimum absolute atomic E-state index is 0.0205. The fourth-order valence-electron chi connectivity index (χ4n) is 4.34. The molecule has 0 N–H and O–H groups in total. The lowest BCUT2D eigenvalue weighted by Gasteiger charge is -2.34. The van der Waals surface area contributed by atoms with Crippen molar-refractivity contribution in [3.05, 3.63) is 115 Å². The largest absolute Gasteiger partial charge is 0.376 e. The summed E-state index contributed by atoms with van der Waals surface area (Å²) < 4.78 is 0. The Morgan fingerprint density at radius 3 is 1.67 bits per heavy atom. The molecule has 1 heterocycles. The molecule has 0 bridgehead atoms. The van der Waals surface area contributed by atoms with Crippen LogP contribution < -0.4 is 14.7 Å². The van der Waals surface area contributed by atoms with Crippen LogP contribution in [0.15, 0.2) is 109 Å². The predicted molar refractivity (Wildman–Crippen MR) is 127 cm³/mol. The molecule has 1 aliphatic heterocycles. The van der Waals surface area contributed by atoms with E-state index in [4.69, 9.17) is 0 Å². The summed E-state index contributed by atoms with van der Waals surface area (Å²) >= 11 is 0. The van der Waals surface area contributed by atoms with Gasteiger partial charge in [-0.1, -0.05) is 72.8 Å². The second kappa shape index (κ2) is 7.60. The molecule has 0 spiro atoms. The van der Waals surface area contributed by atoms with Crippen LogP contribution in [-0.2, 0) is 0 Å². The van der Waals surface area contributed by atoms with E-state index in [9.17, 15) is 0 Å². The Hall–Kier alpha value is -3.72. The minimum Gasteiger partial charge on any atom is -0.376 e. The molecule has 4 aromatic rings. The van der Waals surface area contributed by atoms with E-state index < -0.39 is 0 Å². The second-order valence-corrected chi connectivity index (χ2v) is 7.73. The van der Waals surface area contributed by atoms with Gasteiger partial charge >= 0.3 is 0 Å². The van der Waals surface area contributed by atoms with E-state index in [0.717, 1.165) is 0 Å². The van der Waals surface area contributed by atoms with Gasteiger partial charge in [0.25, 0.3) is 0 Å². The third-order valence-corrected chi connectivity index (χ3v) is 5.63. The molecule has 0 amide bonds. The molecular formula is C27H25N3. The zero-order chi connectivity index (χ0) is 20.5. The number of benzene rings is 4. The summed E-state index contributed by atoms with van der Waals surface area (Å²) in [6.07, 6.45) is 0.0205. The lowest BCUT2D eigenvalue weighted by molar-refractivity contribution is 0.745. The van der Waals surface area contributed by atoms with Crippen LogP contribution >= 0.6 is 0 Å². The molecular weight excluding hydrogens is 366 g/mol. The molecule has 3 nitrogen and oxygen atoms in total. The van der Waals surface area contributed by atoms with Gasteiger partial charge in [0.2, 0.25) is 0 Å². The summed E-state index contributed by atoms with van der Waals surface area (Å²) in [6, 6.07) is 38.7. The number of rotatable bonds is 4. The van der Waals surface area contributed by atoms with Gasteiger partial charge in [-0.25, -0.2) is 0 Å². The summed E-state index contributed by atoms with van der Waals surface area (Å²) in [4.78, 5) is 7.11. The van der Waals surface area contributed by atoms with Gasteiger partial charge in [0.15, 0.2) is 0 Å². The van der Waals surface area contributed by atoms with Crippen molar-refractivity contribution in [3.63, 3.8) is 0 Å². The molecule has 0 aromatic heterocycles. The fourth-order valence-corrected chi connectivity index (χ4v) is 4.34. The number of nitrogens with zero attached hydrogens (tertiary/aromatic N) is 3. The molecule has 3 heteroatoms. The monoisotopic (exact) mass is 391 g/mol. The normalized spacial score (nSPS) is 15.2. The number of hydrogen-bond donors (Lipinski definition) is 0. The molecule has 1 atom stereocenters. The number of para-hydroxylation sites is 3. The van der Waals surface area contributed by atoms with Crippen molar-refractivity contribution in [2.45, 2.75) is 6.17 Å². The van der Waals surface area contributed by atoms with E-state index in [1.807, 2.05) is 0 Å². The van der Waals surface area contributed by atoms with Crippen molar-refractivity contribution in [2.75, 3.05) is 28.8 Å². The zero-order valence-electron chi connectivity index (χ0n) is 17.3.